The average Bonchev–Trinajstić information content (AvgIpc) is 2.20. The number of aliphatic imine (C=N–C) groups is 1. The van der Waals surface area contributed by atoms with Gasteiger partial charge in [-0.05, 0) is 12.5 Å². The largest absolute Gasteiger partial charge is 0.366 e. The maximum Gasteiger partial charge on any atom is 0.117 e. The smallest absolute Gasteiger partial charge is 0.117 e. The quantitative estimate of drug-likeness (QED) is 0.641. The zero-order valence-electron chi connectivity index (χ0n) is 7.68. The second kappa shape index (κ2) is 3.71. The van der Waals surface area contributed by atoms with Gasteiger partial charge in [-0.2, -0.15) is 0 Å². The van der Waals surface area contributed by atoms with Crippen LogP contribution in [0.4, 0.5) is 0 Å². The van der Waals surface area contributed by atoms with E-state index in [-0.39, 0.29) is 6.10 Å². The molecule has 2 heteroatoms. The second-order valence-electron chi connectivity index (χ2n) is 3.31. The molecular weight excluding hydrogens is 162 g/mol. The summed E-state index contributed by atoms with van der Waals surface area (Å²) in [7, 11) is 0. The van der Waals surface area contributed by atoms with Crippen molar-refractivity contribution in [1.82, 2.24) is 0 Å². The molecule has 1 aliphatic rings. The summed E-state index contributed by atoms with van der Waals surface area (Å²) in [5.74, 6) is 0. The van der Waals surface area contributed by atoms with Crippen LogP contribution in [0.1, 0.15) is 18.6 Å². The van der Waals surface area contributed by atoms with Crippen LogP contribution in [0.3, 0.4) is 0 Å². The SMILES string of the molecule is C[C@H]1CO[C@H](c2ccccc2)C=N1. The molecule has 0 aliphatic carbocycles. The molecule has 0 saturated carbocycles. The van der Waals surface area contributed by atoms with E-state index >= 15 is 0 Å². The fourth-order valence-electron chi connectivity index (χ4n) is 1.38. The summed E-state index contributed by atoms with van der Waals surface area (Å²) < 4.78 is 5.63. The molecule has 0 unspecified atom stereocenters. The second-order valence-corrected chi connectivity index (χ2v) is 3.31. The van der Waals surface area contributed by atoms with Crippen molar-refractivity contribution < 1.29 is 4.74 Å². The van der Waals surface area contributed by atoms with E-state index in [0.717, 1.165) is 6.61 Å². The van der Waals surface area contributed by atoms with Crippen LogP contribution in [0, 0.1) is 0 Å². The van der Waals surface area contributed by atoms with E-state index in [1.165, 1.54) is 5.56 Å². The Morgan fingerprint density at radius 2 is 2.08 bits per heavy atom. The zero-order chi connectivity index (χ0) is 9.10. The van der Waals surface area contributed by atoms with Crippen molar-refractivity contribution in [2.24, 2.45) is 4.99 Å². The Labute approximate surface area is 78.3 Å². The van der Waals surface area contributed by atoms with Crippen LogP contribution in [0.2, 0.25) is 0 Å². The molecule has 0 spiro atoms. The van der Waals surface area contributed by atoms with Gasteiger partial charge < -0.3 is 4.74 Å². The highest BCUT2D eigenvalue weighted by atomic mass is 16.5. The molecule has 1 aromatic carbocycles. The van der Waals surface area contributed by atoms with Crippen molar-refractivity contribution in [2.45, 2.75) is 19.1 Å². The van der Waals surface area contributed by atoms with E-state index < -0.39 is 0 Å². The monoisotopic (exact) mass is 175 g/mol. The molecule has 0 saturated heterocycles. The third-order valence-electron chi connectivity index (χ3n) is 2.12. The molecule has 0 fully saturated rings. The van der Waals surface area contributed by atoms with Gasteiger partial charge in [0.15, 0.2) is 0 Å². The van der Waals surface area contributed by atoms with Crippen LogP contribution in [0.5, 0.6) is 0 Å². The Morgan fingerprint density at radius 1 is 1.31 bits per heavy atom. The molecule has 1 aliphatic heterocycles. The maximum atomic E-state index is 5.63. The fourth-order valence-corrected chi connectivity index (χ4v) is 1.38. The molecule has 0 amide bonds. The van der Waals surface area contributed by atoms with Gasteiger partial charge in [-0.1, -0.05) is 30.3 Å². The molecule has 0 radical (unpaired) electrons. The lowest BCUT2D eigenvalue weighted by atomic mass is 10.1. The highest BCUT2D eigenvalue weighted by molar-refractivity contribution is 5.66. The Bertz CT molecular complexity index is 294. The highest BCUT2D eigenvalue weighted by Crippen LogP contribution is 2.18. The molecule has 2 nitrogen and oxygen atoms in total. The maximum absolute atomic E-state index is 5.63. The average molecular weight is 175 g/mol. The first-order valence-corrected chi connectivity index (χ1v) is 4.56. The van der Waals surface area contributed by atoms with Crippen molar-refractivity contribution in [3.63, 3.8) is 0 Å². The fraction of sp³-hybridized carbons (Fsp3) is 0.364. The van der Waals surface area contributed by atoms with Crippen molar-refractivity contribution in [2.75, 3.05) is 6.61 Å². The first kappa shape index (κ1) is 8.45. The standard InChI is InChI=1S/C11H13NO/c1-9-8-13-11(7-12-9)10-5-3-2-4-6-10/h2-7,9,11H,8H2,1H3/t9-,11-/m0/s1. The molecule has 1 heterocycles. The molecule has 0 aromatic heterocycles. The Kier molecular flexibility index (Phi) is 2.41. The summed E-state index contributed by atoms with van der Waals surface area (Å²) in [6, 6.07) is 10.5. The Morgan fingerprint density at radius 3 is 2.69 bits per heavy atom. The Hall–Kier alpha value is -1.15. The molecule has 68 valence electrons. The van der Waals surface area contributed by atoms with Gasteiger partial charge in [0.2, 0.25) is 0 Å². The lowest BCUT2D eigenvalue weighted by Crippen LogP contribution is -2.20. The predicted molar refractivity (Wildman–Crippen MR) is 53.1 cm³/mol. The first-order chi connectivity index (χ1) is 6.36. The van der Waals surface area contributed by atoms with Crippen LogP contribution in [0.25, 0.3) is 0 Å². The molecule has 13 heavy (non-hydrogen) atoms. The lowest BCUT2D eigenvalue weighted by molar-refractivity contribution is 0.0823. The van der Waals surface area contributed by atoms with E-state index in [1.54, 1.807) is 0 Å². The van der Waals surface area contributed by atoms with Crippen LogP contribution < -0.4 is 0 Å². The third kappa shape index (κ3) is 1.95. The van der Waals surface area contributed by atoms with Gasteiger partial charge in [0.25, 0.3) is 0 Å². The van der Waals surface area contributed by atoms with E-state index in [1.807, 2.05) is 24.4 Å². The first-order valence-electron chi connectivity index (χ1n) is 4.56. The summed E-state index contributed by atoms with van der Waals surface area (Å²) >= 11 is 0. The van der Waals surface area contributed by atoms with Crippen molar-refractivity contribution >= 4 is 6.21 Å². The normalized spacial score (nSPS) is 27.5. The lowest BCUT2D eigenvalue weighted by Gasteiger charge is -2.20. The minimum atomic E-state index is 0.0531. The van der Waals surface area contributed by atoms with Crippen molar-refractivity contribution in [3.05, 3.63) is 35.9 Å². The summed E-state index contributed by atoms with van der Waals surface area (Å²) in [5.41, 5.74) is 1.18. The van der Waals surface area contributed by atoms with E-state index in [2.05, 4.69) is 24.0 Å². The minimum absolute atomic E-state index is 0.0531. The predicted octanol–water partition coefficient (Wildman–Crippen LogP) is 2.22. The Balaban J connectivity index is 2.15. The molecule has 2 atom stereocenters. The van der Waals surface area contributed by atoms with Crippen molar-refractivity contribution in [1.29, 1.82) is 0 Å². The number of ether oxygens (including phenoxy) is 1. The number of hydrogen-bond donors (Lipinski definition) is 0. The summed E-state index contributed by atoms with van der Waals surface area (Å²) in [5, 5.41) is 0. The molecular formula is C11H13NO. The number of rotatable bonds is 1. The number of benzene rings is 1. The molecule has 0 N–H and O–H groups in total. The molecule has 1 aromatic rings. The zero-order valence-corrected chi connectivity index (χ0v) is 7.68. The number of hydrogen-bond acceptors (Lipinski definition) is 2. The molecule has 2 rings (SSSR count). The van der Waals surface area contributed by atoms with E-state index in [4.69, 9.17) is 4.74 Å². The summed E-state index contributed by atoms with van der Waals surface area (Å²) in [6.45, 7) is 2.77. The van der Waals surface area contributed by atoms with E-state index in [9.17, 15) is 0 Å². The van der Waals surface area contributed by atoms with Gasteiger partial charge in [-0.3, -0.25) is 4.99 Å². The van der Waals surface area contributed by atoms with Gasteiger partial charge in [-0.25, -0.2) is 0 Å². The summed E-state index contributed by atoms with van der Waals surface area (Å²) in [6.07, 6.45) is 1.95. The van der Waals surface area contributed by atoms with Crippen LogP contribution in [-0.4, -0.2) is 18.9 Å². The number of nitrogens with zero attached hydrogens (tertiary/aromatic N) is 1. The van der Waals surface area contributed by atoms with Gasteiger partial charge in [0, 0.05) is 6.21 Å². The van der Waals surface area contributed by atoms with Crippen LogP contribution in [-0.2, 0) is 4.74 Å². The van der Waals surface area contributed by atoms with Crippen LogP contribution >= 0.6 is 0 Å². The topological polar surface area (TPSA) is 21.6 Å². The third-order valence-corrected chi connectivity index (χ3v) is 2.12. The van der Waals surface area contributed by atoms with Crippen LogP contribution in [0.15, 0.2) is 35.3 Å². The minimum Gasteiger partial charge on any atom is -0.366 e. The van der Waals surface area contributed by atoms with Gasteiger partial charge >= 0.3 is 0 Å². The summed E-state index contributed by atoms with van der Waals surface area (Å²) in [4.78, 5) is 4.34. The molecule has 0 bridgehead atoms. The highest BCUT2D eigenvalue weighted by Gasteiger charge is 2.14. The van der Waals surface area contributed by atoms with E-state index in [0.29, 0.717) is 6.04 Å². The van der Waals surface area contributed by atoms with Crippen molar-refractivity contribution in [3.8, 4) is 0 Å². The van der Waals surface area contributed by atoms with Gasteiger partial charge in [0.1, 0.15) is 6.10 Å². The van der Waals surface area contributed by atoms with Gasteiger partial charge in [-0.15, -0.1) is 0 Å². The van der Waals surface area contributed by atoms with Gasteiger partial charge in [0.05, 0.1) is 12.6 Å².